The van der Waals surface area contributed by atoms with E-state index < -0.39 is 0 Å². The first-order chi connectivity index (χ1) is 8.97. The van der Waals surface area contributed by atoms with E-state index in [1.54, 1.807) is 0 Å². The summed E-state index contributed by atoms with van der Waals surface area (Å²) < 4.78 is 0. The Labute approximate surface area is 126 Å². The Morgan fingerprint density at radius 2 is 1.58 bits per heavy atom. The summed E-state index contributed by atoms with van der Waals surface area (Å²) in [5, 5.41) is 0.847. The Balaban J connectivity index is 0. The molecule has 0 N–H and O–H groups in total. The van der Waals surface area contributed by atoms with Gasteiger partial charge in [0.2, 0.25) is 0 Å². The highest BCUT2D eigenvalue weighted by Crippen LogP contribution is 2.32. The standard InChI is InChI=1S/C14H21Cl.2C2H6/c1-5-6-9-14(3,4)13-10-12(15)8-7-11(13)2;2*1-2/h7-8,10H,5-6,9H2,1-4H3;2*1-2H3. The predicted octanol–water partition coefficient (Wildman–Crippen LogP) is 7.17. The summed E-state index contributed by atoms with van der Waals surface area (Å²) in [5.41, 5.74) is 2.98. The molecule has 0 aliphatic heterocycles. The van der Waals surface area contributed by atoms with Crippen LogP contribution in [0.2, 0.25) is 5.02 Å². The van der Waals surface area contributed by atoms with Crippen LogP contribution in [0.25, 0.3) is 0 Å². The number of unbranched alkanes of at least 4 members (excludes halogenated alkanes) is 1. The van der Waals surface area contributed by atoms with E-state index in [-0.39, 0.29) is 5.41 Å². The average molecular weight is 285 g/mol. The minimum Gasteiger partial charge on any atom is -0.0843 e. The number of benzene rings is 1. The molecule has 0 radical (unpaired) electrons. The summed E-state index contributed by atoms with van der Waals surface area (Å²) in [6.45, 7) is 17.0. The SMILES string of the molecule is CC.CC.CCCCC(C)(C)c1cc(Cl)ccc1C. The summed E-state index contributed by atoms with van der Waals surface area (Å²) in [6.07, 6.45) is 3.76. The quantitative estimate of drug-likeness (QED) is 0.550. The van der Waals surface area contributed by atoms with Crippen molar-refractivity contribution >= 4 is 11.6 Å². The molecule has 1 rings (SSSR count). The molecule has 0 fully saturated rings. The van der Waals surface area contributed by atoms with Crippen LogP contribution in [-0.2, 0) is 5.41 Å². The molecule has 0 atom stereocenters. The molecule has 0 aliphatic carbocycles. The third-order valence-electron chi connectivity index (χ3n) is 3.08. The van der Waals surface area contributed by atoms with Crippen molar-refractivity contribution in [1.29, 1.82) is 0 Å². The molecule has 0 bridgehead atoms. The van der Waals surface area contributed by atoms with Crippen molar-refractivity contribution < 1.29 is 0 Å². The summed E-state index contributed by atoms with van der Waals surface area (Å²) in [6, 6.07) is 6.20. The normalized spacial score (nSPS) is 9.95. The van der Waals surface area contributed by atoms with Gasteiger partial charge in [-0.2, -0.15) is 0 Å². The lowest BCUT2D eigenvalue weighted by molar-refractivity contribution is 0.456. The van der Waals surface area contributed by atoms with Gasteiger partial charge in [-0.15, -0.1) is 0 Å². The molecule has 1 aromatic carbocycles. The molecule has 0 unspecified atom stereocenters. The Hall–Kier alpha value is -0.490. The van der Waals surface area contributed by atoms with Gasteiger partial charge < -0.3 is 0 Å². The number of rotatable bonds is 4. The minimum atomic E-state index is 0.241. The van der Waals surface area contributed by atoms with Gasteiger partial charge in [-0.05, 0) is 42.0 Å². The lowest BCUT2D eigenvalue weighted by atomic mass is 9.78. The smallest absolute Gasteiger partial charge is 0.0409 e. The van der Waals surface area contributed by atoms with Crippen LogP contribution in [-0.4, -0.2) is 0 Å². The molecule has 0 saturated carbocycles. The topological polar surface area (TPSA) is 0 Å². The van der Waals surface area contributed by atoms with E-state index in [0.717, 1.165) is 5.02 Å². The van der Waals surface area contributed by atoms with Crippen LogP contribution in [0, 0.1) is 6.92 Å². The molecule has 19 heavy (non-hydrogen) atoms. The highest BCUT2D eigenvalue weighted by Gasteiger charge is 2.21. The van der Waals surface area contributed by atoms with Gasteiger partial charge in [0.05, 0.1) is 0 Å². The Morgan fingerprint density at radius 3 is 2.05 bits per heavy atom. The lowest BCUT2D eigenvalue weighted by Crippen LogP contribution is -2.18. The maximum Gasteiger partial charge on any atom is 0.0409 e. The molecule has 0 nitrogen and oxygen atoms in total. The van der Waals surface area contributed by atoms with Crippen molar-refractivity contribution in [3.8, 4) is 0 Å². The largest absolute Gasteiger partial charge is 0.0843 e. The first kappa shape index (κ1) is 20.8. The molecule has 112 valence electrons. The van der Waals surface area contributed by atoms with Gasteiger partial charge in [-0.1, -0.05) is 79.0 Å². The predicted molar refractivity (Wildman–Crippen MR) is 91.4 cm³/mol. The van der Waals surface area contributed by atoms with E-state index >= 15 is 0 Å². The fourth-order valence-electron chi connectivity index (χ4n) is 2.08. The van der Waals surface area contributed by atoms with Crippen molar-refractivity contribution in [1.82, 2.24) is 0 Å². The van der Waals surface area contributed by atoms with Gasteiger partial charge in [0.15, 0.2) is 0 Å². The molecule has 1 heteroatoms. The van der Waals surface area contributed by atoms with Crippen LogP contribution in [0.4, 0.5) is 0 Å². The Morgan fingerprint density at radius 1 is 1.05 bits per heavy atom. The molecule has 0 heterocycles. The molecular formula is C18H33Cl. The average Bonchev–Trinajstić information content (AvgIpc) is 2.43. The van der Waals surface area contributed by atoms with Crippen molar-refractivity contribution in [2.45, 2.75) is 80.1 Å². The zero-order valence-electron chi connectivity index (χ0n) is 14.2. The Bertz CT molecular complexity index is 326. The van der Waals surface area contributed by atoms with E-state index in [2.05, 4.69) is 39.8 Å². The van der Waals surface area contributed by atoms with E-state index in [1.165, 1.54) is 30.4 Å². The summed E-state index contributed by atoms with van der Waals surface area (Å²) >= 11 is 6.06. The van der Waals surface area contributed by atoms with Crippen LogP contribution < -0.4 is 0 Å². The number of halogens is 1. The molecule has 0 amide bonds. The van der Waals surface area contributed by atoms with Crippen molar-refractivity contribution in [2.75, 3.05) is 0 Å². The Kier molecular flexibility index (Phi) is 12.4. The van der Waals surface area contributed by atoms with E-state index in [9.17, 15) is 0 Å². The third kappa shape index (κ3) is 7.62. The minimum absolute atomic E-state index is 0.241. The highest BCUT2D eigenvalue weighted by atomic mass is 35.5. The van der Waals surface area contributed by atoms with Crippen LogP contribution in [0.15, 0.2) is 18.2 Å². The van der Waals surface area contributed by atoms with Crippen LogP contribution >= 0.6 is 11.6 Å². The maximum absolute atomic E-state index is 6.06. The lowest BCUT2D eigenvalue weighted by Gasteiger charge is -2.27. The van der Waals surface area contributed by atoms with Gasteiger partial charge >= 0.3 is 0 Å². The maximum atomic E-state index is 6.06. The van der Waals surface area contributed by atoms with Crippen molar-refractivity contribution in [2.24, 2.45) is 0 Å². The molecule has 0 aliphatic rings. The second-order valence-corrected chi connectivity index (χ2v) is 5.38. The third-order valence-corrected chi connectivity index (χ3v) is 3.32. The van der Waals surface area contributed by atoms with Gasteiger partial charge in [-0.25, -0.2) is 0 Å². The first-order valence-corrected chi connectivity index (χ1v) is 8.12. The van der Waals surface area contributed by atoms with Gasteiger partial charge in [-0.3, -0.25) is 0 Å². The summed E-state index contributed by atoms with van der Waals surface area (Å²) in [5.74, 6) is 0. The number of aryl methyl sites for hydroxylation is 1. The molecule has 0 saturated heterocycles. The van der Waals surface area contributed by atoms with Gasteiger partial charge in [0.1, 0.15) is 0 Å². The molecule has 0 spiro atoms. The number of hydrogen-bond acceptors (Lipinski definition) is 0. The van der Waals surface area contributed by atoms with Gasteiger partial charge in [0, 0.05) is 5.02 Å². The fraction of sp³-hybridized carbons (Fsp3) is 0.667. The van der Waals surface area contributed by atoms with Crippen LogP contribution in [0.5, 0.6) is 0 Å². The van der Waals surface area contributed by atoms with Crippen LogP contribution in [0.3, 0.4) is 0 Å². The number of hydrogen-bond donors (Lipinski definition) is 0. The van der Waals surface area contributed by atoms with Crippen LogP contribution in [0.1, 0.15) is 78.9 Å². The van der Waals surface area contributed by atoms with Gasteiger partial charge in [0.25, 0.3) is 0 Å². The van der Waals surface area contributed by atoms with Crippen molar-refractivity contribution in [3.05, 3.63) is 34.3 Å². The second-order valence-electron chi connectivity index (χ2n) is 4.95. The first-order valence-electron chi connectivity index (χ1n) is 7.74. The molecular weight excluding hydrogens is 252 g/mol. The van der Waals surface area contributed by atoms with Crippen molar-refractivity contribution in [3.63, 3.8) is 0 Å². The fourth-order valence-corrected chi connectivity index (χ4v) is 2.25. The van der Waals surface area contributed by atoms with E-state index in [0.29, 0.717) is 0 Å². The second kappa shape index (κ2) is 11.3. The monoisotopic (exact) mass is 284 g/mol. The highest BCUT2D eigenvalue weighted by molar-refractivity contribution is 6.30. The zero-order valence-corrected chi connectivity index (χ0v) is 15.0. The zero-order chi connectivity index (χ0) is 15.5. The molecule has 1 aromatic rings. The summed E-state index contributed by atoms with van der Waals surface area (Å²) in [4.78, 5) is 0. The summed E-state index contributed by atoms with van der Waals surface area (Å²) in [7, 11) is 0. The van der Waals surface area contributed by atoms with E-state index in [1.807, 2.05) is 33.8 Å². The van der Waals surface area contributed by atoms with E-state index in [4.69, 9.17) is 11.6 Å². The molecule has 0 aromatic heterocycles.